The van der Waals surface area contributed by atoms with Gasteiger partial charge in [0.1, 0.15) is 6.29 Å². The number of anilines is 6. The number of para-hydroxylation sites is 3. The summed E-state index contributed by atoms with van der Waals surface area (Å²) in [5.74, 6) is 0.676. The zero-order valence-corrected chi connectivity index (χ0v) is 34.0. The molecule has 3 heteroatoms. The fourth-order valence-electron chi connectivity index (χ4n) is 8.40. The van der Waals surface area contributed by atoms with Gasteiger partial charge in [-0.3, -0.25) is 4.79 Å². The summed E-state index contributed by atoms with van der Waals surface area (Å²) in [6.07, 6.45) is 3.00. The quantitative estimate of drug-likeness (QED) is 0.104. The summed E-state index contributed by atoms with van der Waals surface area (Å²) in [6, 6.07) is 58.1. The van der Waals surface area contributed by atoms with Crippen LogP contribution in [0.25, 0.3) is 0 Å². The highest BCUT2D eigenvalue weighted by Crippen LogP contribution is 2.57. The van der Waals surface area contributed by atoms with Crippen LogP contribution in [0.4, 0.5) is 34.1 Å². The van der Waals surface area contributed by atoms with Crippen LogP contribution in [-0.4, -0.2) is 6.29 Å². The second kappa shape index (κ2) is 16.5. The van der Waals surface area contributed by atoms with E-state index in [2.05, 4.69) is 205 Å². The molecule has 0 radical (unpaired) electrons. The minimum Gasteiger partial charge on any atom is -0.311 e. The summed E-state index contributed by atoms with van der Waals surface area (Å²) in [6.45, 7) is 19.5. The Morgan fingerprint density at radius 3 is 1.33 bits per heavy atom. The van der Waals surface area contributed by atoms with Crippen molar-refractivity contribution in [1.29, 1.82) is 0 Å². The Morgan fingerprint density at radius 2 is 0.891 bits per heavy atom. The van der Waals surface area contributed by atoms with Crippen LogP contribution in [0.3, 0.4) is 0 Å². The molecule has 0 amide bonds. The van der Waals surface area contributed by atoms with Crippen molar-refractivity contribution in [2.45, 2.75) is 80.1 Å². The predicted molar refractivity (Wildman–Crippen MR) is 235 cm³/mol. The van der Waals surface area contributed by atoms with E-state index in [0.29, 0.717) is 17.4 Å². The molecule has 2 atom stereocenters. The van der Waals surface area contributed by atoms with Gasteiger partial charge < -0.3 is 9.80 Å². The van der Waals surface area contributed by atoms with Crippen molar-refractivity contribution in [1.82, 2.24) is 0 Å². The van der Waals surface area contributed by atoms with Crippen molar-refractivity contribution in [2.75, 3.05) is 9.80 Å². The molecule has 0 fully saturated rings. The van der Waals surface area contributed by atoms with E-state index in [4.69, 9.17) is 0 Å². The molecule has 0 N–H and O–H groups in total. The third-order valence-electron chi connectivity index (χ3n) is 12.2. The first-order valence-electron chi connectivity index (χ1n) is 19.8. The van der Waals surface area contributed by atoms with Gasteiger partial charge in [0.2, 0.25) is 0 Å². The molecule has 0 aliphatic heterocycles. The lowest BCUT2D eigenvalue weighted by molar-refractivity contribution is 0.0426. The van der Waals surface area contributed by atoms with Crippen LogP contribution >= 0.6 is 0 Å². The molecule has 6 aromatic rings. The van der Waals surface area contributed by atoms with Crippen molar-refractivity contribution < 1.29 is 4.79 Å². The van der Waals surface area contributed by atoms with Gasteiger partial charge in [-0.25, -0.2) is 0 Å². The standard InChI is InChI=1S/C52H58N2O/c1-9-48(40-30-34-46(35-31-40)53(42-21-13-10-14-22-42)43-23-15-11-16-24-43)52(7,8)51(5,6)37-49(50(2,3)4)41-20-19-27-47(36-41)54(44-25-17-12-18-26-44)45-32-28-39(38-55)29-33-45/h10-36,38,48-49H,9,37H2,1-8H3. The molecule has 0 saturated heterocycles. The Kier molecular flexibility index (Phi) is 11.8. The zero-order valence-electron chi connectivity index (χ0n) is 34.0. The molecule has 0 aliphatic carbocycles. The summed E-state index contributed by atoms with van der Waals surface area (Å²) >= 11 is 0. The van der Waals surface area contributed by atoms with Gasteiger partial charge in [0, 0.05) is 39.7 Å². The lowest BCUT2D eigenvalue weighted by atomic mass is 9.54. The first-order chi connectivity index (χ1) is 26.3. The molecule has 0 aliphatic rings. The maximum Gasteiger partial charge on any atom is 0.150 e. The number of benzene rings is 6. The van der Waals surface area contributed by atoms with Gasteiger partial charge in [0.25, 0.3) is 0 Å². The molecular formula is C52H58N2O. The largest absolute Gasteiger partial charge is 0.311 e. The maximum absolute atomic E-state index is 11.5. The van der Waals surface area contributed by atoms with E-state index >= 15 is 0 Å². The number of nitrogens with zero attached hydrogens (tertiary/aromatic N) is 2. The van der Waals surface area contributed by atoms with Crippen molar-refractivity contribution >= 4 is 40.4 Å². The highest BCUT2D eigenvalue weighted by molar-refractivity contribution is 5.80. The Morgan fingerprint density at radius 1 is 0.473 bits per heavy atom. The number of rotatable bonds is 14. The maximum atomic E-state index is 11.5. The molecule has 2 unspecified atom stereocenters. The van der Waals surface area contributed by atoms with Crippen LogP contribution in [0.5, 0.6) is 0 Å². The van der Waals surface area contributed by atoms with Crippen molar-refractivity contribution in [2.24, 2.45) is 16.2 Å². The van der Waals surface area contributed by atoms with Crippen LogP contribution in [0, 0.1) is 16.2 Å². The molecule has 6 rings (SSSR count). The average molecular weight is 727 g/mol. The summed E-state index contributed by atoms with van der Waals surface area (Å²) < 4.78 is 0. The van der Waals surface area contributed by atoms with Gasteiger partial charge in [-0.2, -0.15) is 0 Å². The molecule has 6 aromatic carbocycles. The molecule has 0 heterocycles. The molecule has 0 spiro atoms. The van der Waals surface area contributed by atoms with Crippen LogP contribution < -0.4 is 9.80 Å². The Bertz CT molecular complexity index is 2070. The molecule has 55 heavy (non-hydrogen) atoms. The van der Waals surface area contributed by atoms with Crippen LogP contribution in [-0.2, 0) is 0 Å². The number of carbonyl (C=O) groups excluding carboxylic acids is 1. The molecule has 0 bridgehead atoms. The number of aldehydes is 1. The fraction of sp³-hybridized carbons (Fsp3) is 0.288. The van der Waals surface area contributed by atoms with E-state index in [1.54, 1.807) is 0 Å². The lowest BCUT2D eigenvalue weighted by Crippen LogP contribution is -2.40. The monoisotopic (exact) mass is 726 g/mol. The summed E-state index contributed by atoms with van der Waals surface area (Å²) in [4.78, 5) is 16.1. The van der Waals surface area contributed by atoms with Gasteiger partial charge in [-0.05, 0) is 137 Å². The topological polar surface area (TPSA) is 23.6 Å². The second-order valence-electron chi connectivity index (χ2n) is 17.3. The highest BCUT2D eigenvalue weighted by atomic mass is 16.1. The SMILES string of the molecule is CCC(c1ccc(N(c2ccccc2)c2ccccc2)cc1)C(C)(C)C(C)(C)CC(c1cccc(N(c2ccccc2)c2ccc(C=O)cc2)c1)C(C)(C)C. The van der Waals surface area contributed by atoms with E-state index < -0.39 is 0 Å². The fourth-order valence-corrected chi connectivity index (χ4v) is 8.40. The Hall–Kier alpha value is -5.41. The molecule has 3 nitrogen and oxygen atoms in total. The number of hydrogen-bond acceptors (Lipinski definition) is 3. The van der Waals surface area contributed by atoms with Crippen LogP contribution in [0.15, 0.2) is 164 Å². The minimum atomic E-state index is -0.0146. The zero-order chi connectivity index (χ0) is 39.2. The lowest BCUT2D eigenvalue weighted by Gasteiger charge is -2.50. The third-order valence-corrected chi connectivity index (χ3v) is 12.2. The highest BCUT2D eigenvalue weighted by Gasteiger charge is 2.45. The summed E-state index contributed by atoms with van der Waals surface area (Å²) in [7, 11) is 0. The van der Waals surface area contributed by atoms with Crippen molar-refractivity contribution in [3.05, 3.63) is 180 Å². The van der Waals surface area contributed by atoms with Gasteiger partial charge >= 0.3 is 0 Å². The number of hydrogen-bond donors (Lipinski definition) is 0. The van der Waals surface area contributed by atoms with E-state index in [1.807, 2.05) is 24.3 Å². The smallest absolute Gasteiger partial charge is 0.150 e. The number of carbonyl (C=O) groups is 1. The van der Waals surface area contributed by atoms with Gasteiger partial charge in [-0.15, -0.1) is 0 Å². The predicted octanol–water partition coefficient (Wildman–Crippen LogP) is 15.2. The van der Waals surface area contributed by atoms with Crippen molar-refractivity contribution in [3.63, 3.8) is 0 Å². The minimum absolute atomic E-state index is 0.00973. The normalized spacial score (nSPS) is 13.2. The Labute approximate surface area is 330 Å². The van der Waals surface area contributed by atoms with Crippen LogP contribution in [0.2, 0.25) is 0 Å². The van der Waals surface area contributed by atoms with E-state index in [9.17, 15) is 4.79 Å². The first kappa shape index (κ1) is 39.3. The second-order valence-corrected chi connectivity index (χ2v) is 17.3. The van der Waals surface area contributed by atoms with Crippen molar-refractivity contribution in [3.8, 4) is 0 Å². The molecular weight excluding hydrogens is 669 g/mol. The first-order valence-corrected chi connectivity index (χ1v) is 19.8. The van der Waals surface area contributed by atoms with E-state index in [1.165, 1.54) is 11.1 Å². The third kappa shape index (κ3) is 8.62. The van der Waals surface area contributed by atoms with Gasteiger partial charge in [-0.1, -0.05) is 134 Å². The molecule has 0 aromatic heterocycles. The molecule has 0 saturated carbocycles. The summed E-state index contributed by atoms with van der Waals surface area (Å²) in [5, 5.41) is 0. The molecule has 282 valence electrons. The Balaban J connectivity index is 1.31. The van der Waals surface area contributed by atoms with Gasteiger partial charge in [0.15, 0.2) is 0 Å². The van der Waals surface area contributed by atoms with Crippen LogP contribution in [0.1, 0.15) is 102 Å². The summed E-state index contributed by atoms with van der Waals surface area (Å²) in [5.41, 5.74) is 10.1. The van der Waals surface area contributed by atoms with E-state index in [-0.39, 0.29) is 16.2 Å². The average Bonchev–Trinajstić information content (AvgIpc) is 3.19. The van der Waals surface area contributed by atoms with Gasteiger partial charge in [0.05, 0.1) is 0 Å². The van der Waals surface area contributed by atoms with E-state index in [0.717, 1.165) is 53.3 Å².